The van der Waals surface area contributed by atoms with Gasteiger partial charge in [0.2, 0.25) is 0 Å². The third kappa shape index (κ3) is 4.38. The van der Waals surface area contributed by atoms with Gasteiger partial charge in [-0.3, -0.25) is 0 Å². The van der Waals surface area contributed by atoms with E-state index in [1.807, 2.05) is 0 Å². The number of halogens is 1. The Morgan fingerprint density at radius 1 is 0.806 bits per heavy atom. The highest BCUT2D eigenvalue weighted by molar-refractivity contribution is 14.2. The van der Waals surface area contributed by atoms with Crippen molar-refractivity contribution in [1.29, 1.82) is 0 Å². The maximum absolute atomic E-state index is 5.21. The van der Waals surface area contributed by atoms with E-state index in [0.717, 1.165) is 52.4 Å². The fraction of sp³-hybridized carbons (Fsp3) is 0.500. The zero-order chi connectivity index (χ0) is 21.4. The number of nitrogens with one attached hydrogen (secondary N) is 2. The zero-order valence-corrected chi connectivity index (χ0v) is 21.5. The monoisotopic (exact) mass is 549 g/mol. The summed E-state index contributed by atoms with van der Waals surface area (Å²) in [5.41, 5.74) is 6.51. The molecule has 0 radical (unpaired) electrons. The number of fused-ring (bicyclic) bond motifs is 2. The molecule has 2 fully saturated rings. The predicted molar refractivity (Wildman–Crippen MR) is 141 cm³/mol. The number of benzene rings is 2. The molecule has 2 aromatic rings. The van der Waals surface area contributed by atoms with Crippen molar-refractivity contribution in [2.24, 2.45) is 4.99 Å². The Hall–Kier alpha value is -1.16. The minimum atomic E-state index is -0.00709. The van der Waals surface area contributed by atoms with E-state index in [-0.39, 0.29) is 7.66 Å². The van der Waals surface area contributed by atoms with Gasteiger partial charge in [-0.15, -0.1) is 0 Å². The van der Waals surface area contributed by atoms with Crippen molar-refractivity contribution in [3.8, 4) is 0 Å². The van der Waals surface area contributed by atoms with Gasteiger partial charge in [0.25, 0.3) is 0 Å². The van der Waals surface area contributed by atoms with Crippen LogP contribution in [-0.4, -0.2) is 52.4 Å². The van der Waals surface area contributed by atoms with E-state index in [1.54, 1.807) is 0 Å². The smallest absolute Gasteiger partial charge is 0.0806 e. The molecule has 3 aliphatic heterocycles. The molecule has 5 rings (SSSR count). The normalized spacial score (nSPS) is 21.6. The first-order chi connectivity index (χ1) is 15.1. The van der Waals surface area contributed by atoms with E-state index < -0.39 is 0 Å². The fourth-order valence-electron chi connectivity index (χ4n) is 4.82. The molecule has 7 heteroatoms. The zero-order valence-electron chi connectivity index (χ0n) is 18.5. The molecule has 1 unspecified atom stereocenters. The molecule has 3 aliphatic rings. The highest BCUT2D eigenvalue weighted by Gasteiger charge is 2.20. The van der Waals surface area contributed by atoms with Crippen LogP contribution in [0.25, 0.3) is 0 Å². The van der Waals surface area contributed by atoms with Crippen LogP contribution in [0.4, 0.5) is 17.1 Å². The summed E-state index contributed by atoms with van der Waals surface area (Å²) in [5.74, 6) is 0. The van der Waals surface area contributed by atoms with Crippen LogP contribution in [-0.2, 0) is 0 Å². The molecule has 5 nitrogen and oxygen atoms in total. The lowest BCUT2D eigenvalue weighted by atomic mass is 10.1. The number of aryl methyl sites for hydroxylation is 2. The molecule has 1 atom stereocenters. The van der Waals surface area contributed by atoms with Gasteiger partial charge >= 0.3 is 0 Å². The second kappa shape index (κ2) is 9.37. The Balaban J connectivity index is 1.60. The van der Waals surface area contributed by atoms with E-state index in [4.69, 9.17) is 4.99 Å². The summed E-state index contributed by atoms with van der Waals surface area (Å²) in [6.45, 7) is 13.2. The molecule has 0 amide bonds. The van der Waals surface area contributed by atoms with Gasteiger partial charge in [0, 0.05) is 60.0 Å². The topological polar surface area (TPSA) is 42.9 Å². The average molecular weight is 550 g/mol. The Morgan fingerprint density at radius 3 is 2.10 bits per heavy atom. The lowest BCUT2D eigenvalue weighted by molar-refractivity contribution is 0.724. The van der Waals surface area contributed by atoms with Crippen LogP contribution in [0.2, 0.25) is 0 Å². The lowest BCUT2D eigenvalue weighted by Gasteiger charge is -2.26. The first kappa shape index (κ1) is 21.7. The van der Waals surface area contributed by atoms with Crippen LogP contribution in [0.3, 0.4) is 0 Å². The van der Waals surface area contributed by atoms with Gasteiger partial charge in [-0.05, 0) is 96.4 Å². The van der Waals surface area contributed by atoms with E-state index >= 15 is 0 Å². The van der Waals surface area contributed by atoms with Gasteiger partial charge in [-0.2, -0.15) is 0 Å². The molecule has 0 saturated carbocycles. The minimum absolute atomic E-state index is 0.00709. The maximum Gasteiger partial charge on any atom is 0.0806 e. The van der Waals surface area contributed by atoms with Gasteiger partial charge in [-0.25, -0.2) is 4.99 Å². The standard InChI is InChI=1S/C24H32IN5S/c1-17-13-19(29-9-3-5-26-7-11-29)15-21-23(17)28-24-18(2)14-20(16-22(24)31(21)25)30-10-4-6-27-8-12-30/h13-16,26-27H,3-12H2,1-2H3. The van der Waals surface area contributed by atoms with Crippen molar-refractivity contribution in [1.82, 2.24) is 10.6 Å². The highest BCUT2D eigenvalue weighted by atomic mass is 127. The number of nitrogens with zero attached hydrogens (tertiary/aromatic N) is 3. The van der Waals surface area contributed by atoms with Crippen LogP contribution < -0.4 is 25.8 Å². The molecule has 2 N–H and O–H groups in total. The molecule has 0 aliphatic carbocycles. The molecular weight excluding hydrogens is 517 g/mol. The van der Waals surface area contributed by atoms with Crippen molar-refractivity contribution < 1.29 is 0 Å². The van der Waals surface area contributed by atoms with Crippen molar-refractivity contribution in [3.05, 3.63) is 45.3 Å². The number of hydrogen-bond donors (Lipinski definition) is 2. The van der Waals surface area contributed by atoms with Gasteiger partial charge in [0.15, 0.2) is 0 Å². The second-order valence-electron chi connectivity index (χ2n) is 8.77. The third-order valence-electron chi connectivity index (χ3n) is 6.52. The highest BCUT2D eigenvalue weighted by Crippen LogP contribution is 2.48. The quantitative estimate of drug-likeness (QED) is 0.438. The summed E-state index contributed by atoms with van der Waals surface area (Å²) < 4.78 is 1.40. The van der Waals surface area contributed by atoms with Gasteiger partial charge in [0.1, 0.15) is 0 Å². The van der Waals surface area contributed by atoms with Crippen LogP contribution in [0, 0.1) is 18.4 Å². The maximum atomic E-state index is 5.21. The number of anilines is 2. The van der Waals surface area contributed by atoms with Crippen LogP contribution in [0.1, 0.15) is 24.0 Å². The first-order valence-electron chi connectivity index (χ1n) is 11.4. The fourth-order valence-corrected chi connectivity index (χ4v) is 8.27. The van der Waals surface area contributed by atoms with Crippen LogP contribution >= 0.6 is 28.9 Å². The molecule has 2 aromatic carbocycles. The van der Waals surface area contributed by atoms with E-state index in [9.17, 15) is 0 Å². The number of hydrogen-bond acceptors (Lipinski definition) is 5. The van der Waals surface area contributed by atoms with E-state index in [1.165, 1.54) is 55.8 Å². The molecule has 0 bridgehead atoms. The van der Waals surface area contributed by atoms with E-state index in [0.29, 0.717) is 0 Å². The molecule has 3 heterocycles. The minimum Gasteiger partial charge on any atom is -0.370 e. The molecule has 0 spiro atoms. The lowest BCUT2D eigenvalue weighted by Crippen LogP contribution is -2.28. The third-order valence-corrected chi connectivity index (χ3v) is 10.8. The average Bonchev–Trinajstić information content (AvgIpc) is 3.20. The van der Waals surface area contributed by atoms with Crippen molar-refractivity contribution in [2.45, 2.75) is 31.6 Å². The molecule has 31 heavy (non-hydrogen) atoms. The van der Waals surface area contributed by atoms with Crippen molar-refractivity contribution in [2.75, 3.05) is 62.2 Å². The summed E-state index contributed by atoms with van der Waals surface area (Å²) in [7, 11) is -0.00709. The summed E-state index contributed by atoms with van der Waals surface area (Å²) in [6.07, 6.45) is 2.40. The predicted octanol–water partition coefficient (Wildman–Crippen LogP) is 4.10. The first-order valence-corrected chi connectivity index (χ1v) is 15.2. The summed E-state index contributed by atoms with van der Waals surface area (Å²) in [6, 6.07) is 9.54. The van der Waals surface area contributed by atoms with Gasteiger partial charge in [0.05, 0.1) is 11.0 Å². The van der Waals surface area contributed by atoms with E-state index in [2.05, 4.69) is 79.8 Å². The molecule has 2 saturated heterocycles. The molecule has 0 aromatic heterocycles. The van der Waals surface area contributed by atoms with Crippen molar-refractivity contribution in [3.63, 3.8) is 0 Å². The largest absolute Gasteiger partial charge is 0.370 e. The van der Waals surface area contributed by atoms with Gasteiger partial charge < -0.3 is 20.4 Å². The summed E-state index contributed by atoms with van der Waals surface area (Å²) in [5, 5.41) is 8.24. The molecule has 166 valence electrons. The molecular formula is C24H32IN5S. The van der Waals surface area contributed by atoms with Crippen molar-refractivity contribution >= 4 is 45.9 Å². The SMILES string of the molecule is Cc1cc(N2CCCNCC2)cc2c1N=c1c(C)cc(N3CCCNCC3)cc1=S2I. The van der Waals surface area contributed by atoms with Gasteiger partial charge in [-0.1, -0.05) is 7.66 Å². The summed E-state index contributed by atoms with van der Waals surface area (Å²) in [4.78, 5) is 11.7. The second-order valence-corrected chi connectivity index (χ2v) is 12.8. The summed E-state index contributed by atoms with van der Waals surface area (Å²) >= 11 is 2.67. The van der Waals surface area contributed by atoms with Crippen LogP contribution in [0.15, 0.2) is 34.2 Å². The van der Waals surface area contributed by atoms with Crippen LogP contribution in [0.5, 0.6) is 0 Å². The Morgan fingerprint density at radius 2 is 1.42 bits per heavy atom. The Labute approximate surface area is 199 Å². The Bertz CT molecular complexity index is 1100. The number of rotatable bonds is 2. The Kier molecular flexibility index (Phi) is 6.55.